The molecule has 2 atom stereocenters. The van der Waals surface area contributed by atoms with Crippen LogP contribution in [0.5, 0.6) is 5.75 Å². The van der Waals surface area contributed by atoms with Crippen molar-refractivity contribution in [3.8, 4) is 5.75 Å². The third kappa shape index (κ3) is 2.11. The van der Waals surface area contributed by atoms with Crippen molar-refractivity contribution >= 4 is 11.6 Å². The largest absolute Gasteiger partial charge is 0.486 e. The van der Waals surface area contributed by atoms with Gasteiger partial charge in [0, 0.05) is 0 Å². The lowest BCUT2D eigenvalue weighted by molar-refractivity contribution is -0.118. The van der Waals surface area contributed by atoms with Gasteiger partial charge in [-0.15, -0.1) is 0 Å². The summed E-state index contributed by atoms with van der Waals surface area (Å²) in [5.41, 5.74) is 0.404. The van der Waals surface area contributed by atoms with Gasteiger partial charge in [0.1, 0.15) is 11.9 Å². The highest BCUT2D eigenvalue weighted by molar-refractivity contribution is 6.32. The first-order chi connectivity index (χ1) is 6.99. The summed E-state index contributed by atoms with van der Waals surface area (Å²) in [6.07, 6.45) is 1.55. The summed E-state index contributed by atoms with van der Waals surface area (Å²) < 4.78 is 5.70. The fourth-order valence-electron chi connectivity index (χ4n) is 1.72. The lowest BCUT2D eigenvalue weighted by Crippen LogP contribution is -2.52. The molecule has 1 aliphatic rings. The second-order valence-corrected chi connectivity index (χ2v) is 4.84. The Morgan fingerprint density at radius 3 is 2.80 bits per heavy atom. The second kappa shape index (κ2) is 3.69. The number of aryl methyl sites for hydroxylation is 1. The first kappa shape index (κ1) is 10.8. The van der Waals surface area contributed by atoms with Crippen molar-refractivity contribution in [2.75, 3.05) is 0 Å². The third-order valence-corrected chi connectivity index (χ3v) is 3.27. The fraction of sp³-hybridized carbons (Fsp3) is 0.500. The molecule has 0 spiro atoms. The van der Waals surface area contributed by atoms with Crippen molar-refractivity contribution in [1.29, 1.82) is 0 Å². The SMILES string of the molecule is Cc1ccc(Cl)c(O[C@H]2CC[C@]2(C)O)c1. The van der Waals surface area contributed by atoms with Crippen molar-refractivity contribution in [3.05, 3.63) is 28.8 Å². The monoisotopic (exact) mass is 226 g/mol. The Hall–Kier alpha value is -0.730. The molecule has 0 bridgehead atoms. The second-order valence-electron chi connectivity index (χ2n) is 4.44. The molecule has 0 aliphatic heterocycles. The summed E-state index contributed by atoms with van der Waals surface area (Å²) in [5.74, 6) is 0.668. The lowest BCUT2D eigenvalue weighted by Gasteiger charge is -2.42. The van der Waals surface area contributed by atoms with Crippen LogP contribution >= 0.6 is 11.6 Å². The Morgan fingerprint density at radius 1 is 1.53 bits per heavy atom. The number of rotatable bonds is 2. The van der Waals surface area contributed by atoms with E-state index >= 15 is 0 Å². The van der Waals surface area contributed by atoms with Crippen molar-refractivity contribution in [2.45, 2.75) is 38.4 Å². The Bertz CT molecular complexity index is 374. The first-order valence-corrected chi connectivity index (χ1v) is 5.52. The number of ether oxygens (including phenoxy) is 1. The minimum atomic E-state index is -0.701. The quantitative estimate of drug-likeness (QED) is 0.840. The molecule has 1 saturated carbocycles. The van der Waals surface area contributed by atoms with Crippen molar-refractivity contribution < 1.29 is 9.84 Å². The molecule has 2 nitrogen and oxygen atoms in total. The predicted molar refractivity (Wildman–Crippen MR) is 60.5 cm³/mol. The normalized spacial score (nSPS) is 29.7. The van der Waals surface area contributed by atoms with E-state index in [1.807, 2.05) is 25.1 Å². The summed E-state index contributed by atoms with van der Waals surface area (Å²) in [5, 5.41) is 10.4. The zero-order valence-electron chi connectivity index (χ0n) is 8.96. The van der Waals surface area contributed by atoms with Crippen LogP contribution in [0.1, 0.15) is 25.3 Å². The van der Waals surface area contributed by atoms with Crippen LogP contribution in [0, 0.1) is 6.92 Å². The summed E-state index contributed by atoms with van der Waals surface area (Å²) in [7, 11) is 0. The smallest absolute Gasteiger partial charge is 0.138 e. The number of benzene rings is 1. The van der Waals surface area contributed by atoms with Gasteiger partial charge in [-0.3, -0.25) is 0 Å². The molecule has 15 heavy (non-hydrogen) atoms. The molecule has 1 N–H and O–H groups in total. The van der Waals surface area contributed by atoms with E-state index in [0.29, 0.717) is 10.8 Å². The van der Waals surface area contributed by atoms with Gasteiger partial charge in [-0.1, -0.05) is 17.7 Å². The zero-order valence-corrected chi connectivity index (χ0v) is 9.71. The molecule has 1 aromatic rings. The average Bonchev–Trinajstić information content (AvgIpc) is 2.18. The molecule has 0 unspecified atom stereocenters. The molecule has 0 saturated heterocycles. The molecule has 0 heterocycles. The van der Waals surface area contributed by atoms with Crippen LogP contribution in [0.4, 0.5) is 0 Å². The van der Waals surface area contributed by atoms with Gasteiger partial charge < -0.3 is 9.84 Å². The molecular formula is C12H15ClO2. The average molecular weight is 227 g/mol. The van der Waals surface area contributed by atoms with E-state index < -0.39 is 5.60 Å². The summed E-state index contributed by atoms with van der Waals surface area (Å²) >= 11 is 6.01. The molecule has 0 radical (unpaired) electrons. The van der Waals surface area contributed by atoms with E-state index in [-0.39, 0.29) is 6.10 Å². The molecule has 0 amide bonds. The Morgan fingerprint density at radius 2 is 2.27 bits per heavy atom. The van der Waals surface area contributed by atoms with Gasteiger partial charge in [0.25, 0.3) is 0 Å². The summed E-state index contributed by atoms with van der Waals surface area (Å²) in [6.45, 7) is 3.78. The predicted octanol–water partition coefficient (Wildman–Crippen LogP) is 2.94. The standard InChI is InChI=1S/C12H15ClO2/c1-8-3-4-9(13)10(7-8)15-11-5-6-12(11,2)14/h3-4,7,11,14H,5-6H2,1-2H3/t11-,12-/m0/s1. The maximum Gasteiger partial charge on any atom is 0.138 e. The van der Waals surface area contributed by atoms with Gasteiger partial charge in [-0.05, 0) is 44.4 Å². The van der Waals surface area contributed by atoms with Gasteiger partial charge >= 0.3 is 0 Å². The number of hydrogen-bond acceptors (Lipinski definition) is 2. The molecule has 1 aromatic carbocycles. The fourth-order valence-corrected chi connectivity index (χ4v) is 1.88. The minimum Gasteiger partial charge on any atom is -0.486 e. The van der Waals surface area contributed by atoms with Crippen molar-refractivity contribution in [3.63, 3.8) is 0 Å². The van der Waals surface area contributed by atoms with E-state index in [4.69, 9.17) is 16.3 Å². The molecule has 0 aromatic heterocycles. The molecule has 3 heteroatoms. The lowest BCUT2D eigenvalue weighted by atomic mass is 9.78. The molecular weight excluding hydrogens is 212 g/mol. The van der Waals surface area contributed by atoms with E-state index in [1.165, 1.54) is 0 Å². The zero-order chi connectivity index (χ0) is 11.1. The minimum absolute atomic E-state index is 0.128. The molecule has 1 fully saturated rings. The Labute approximate surface area is 94.8 Å². The Kier molecular flexibility index (Phi) is 2.65. The van der Waals surface area contributed by atoms with E-state index in [9.17, 15) is 5.11 Å². The van der Waals surface area contributed by atoms with Gasteiger partial charge in [0.2, 0.25) is 0 Å². The van der Waals surface area contributed by atoms with Gasteiger partial charge in [0.15, 0.2) is 0 Å². The highest BCUT2D eigenvalue weighted by Crippen LogP contribution is 2.37. The van der Waals surface area contributed by atoms with Crippen LogP contribution in [0.2, 0.25) is 5.02 Å². The maximum absolute atomic E-state index is 9.83. The maximum atomic E-state index is 9.83. The van der Waals surface area contributed by atoms with Crippen LogP contribution in [0.25, 0.3) is 0 Å². The topological polar surface area (TPSA) is 29.5 Å². The summed E-state index contributed by atoms with van der Waals surface area (Å²) in [6, 6.07) is 5.66. The van der Waals surface area contributed by atoms with Gasteiger partial charge in [-0.2, -0.15) is 0 Å². The molecule has 82 valence electrons. The number of hydrogen-bond donors (Lipinski definition) is 1. The van der Waals surface area contributed by atoms with E-state index in [1.54, 1.807) is 6.92 Å². The van der Waals surface area contributed by atoms with Crippen LogP contribution in [0.3, 0.4) is 0 Å². The Balaban J connectivity index is 2.14. The van der Waals surface area contributed by atoms with Crippen molar-refractivity contribution in [1.82, 2.24) is 0 Å². The van der Waals surface area contributed by atoms with E-state index in [0.717, 1.165) is 18.4 Å². The van der Waals surface area contributed by atoms with Gasteiger partial charge in [0.05, 0.1) is 10.6 Å². The van der Waals surface area contributed by atoms with Crippen LogP contribution in [-0.2, 0) is 0 Å². The van der Waals surface area contributed by atoms with Crippen molar-refractivity contribution in [2.24, 2.45) is 0 Å². The van der Waals surface area contributed by atoms with Crippen LogP contribution in [0.15, 0.2) is 18.2 Å². The van der Waals surface area contributed by atoms with Gasteiger partial charge in [-0.25, -0.2) is 0 Å². The first-order valence-electron chi connectivity index (χ1n) is 5.14. The van der Waals surface area contributed by atoms with E-state index in [2.05, 4.69) is 0 Å². The number of aliphatic hydroxyl groups is 1. The number of halogens is 1. The summed E-state index contributed by atoms with van der Waals surface area (Å²) in [4.78, 5) is 0. The van der Waals surface area contributed by atoms with Crippen LogP contribution in [-0.4, -0.2) is 16.8 Å². The molecule has 1 aliphatic carbocycles. The van der Waals surface area contributed by atoms with Crippen LogP contribution < -0.4 is 4.74 Å². The molecule has 2 rings (SSSR count). The third-order valence-electron chi connectivity index (χ3n) is 2.96. The highest BCUT2D eigenvalue weighted by atomic mass is 35.5. The highest BCUT2D eigenvalue weighted by Gasteiger charge is 2.43.